The number of nitro groups is 1. The van der Waals surface area contributed by atoms with Crippen LogP contribution in [0, 0.1) is 10.1 Å². The van der Waals surface area contributed by atoms with E-state index in [9.17, 15) is 15.2 Å². The molecule has 1 N–H and O–H groups in total. The van der Waals surface area contributed by atoms with Crippen LogP contribution in [0.2, 0.25) is 0 Å². The van der Waals surface area contributed by atoms with Gasteiger partial charge in [-0.1, -0.05) is 6.92 Å². The second-order valence-corrected chi connectivity index (χ2v) is 6.04. The summed E-state index contributed by atoms with van der Waals surface area (Å²) in [7, 11) is 0. The van der Waals surface area contributed by atoms with Crippen molar-refractivity contribution in [2.24, 2.45) is 0 Å². The Bertz CT molecular complexity index is 541. The predicted octanol–water partition coefficient (Wildman–Crippen LogP) is 1.88. The van der Waals surface area contributed by atoms with E-state index in [0.29, 0.717) is 18.9 Å². The van der Waals surface area contributed by atoms with Gasteiger partial charge >= 0.3 is 0 Å². The summed E-state index contributed by atoms with van der Waals surface area (Å²) < 4.78 is 5.61. The third-order valence-corrected chi connectivity index (χ3v) is 4.55. The van der Waals surface area contributed by atoms with Crippen molar-refractivity contribution in [2.75, 3.05) is 39.4 Å². The van der Waals surface area contributed by atoms with Crippen LogP contribution in [-0.2, 0) is 6.54 Å². The molecular formula is C17H27N3O4. The standard InChI is InChI=1S/C17H27N3O4/c1-3-15(13-21)19-9-7-18(8-10-19)12-14-11-16(20(22)23)5-6-17(14)24-4-2/h5-6,11,15,21H,3-4,7-10,12-13H2,1-2H3. The number of hydrogen-bond donors (Lipinski definition) is 1. The molecule has 0 amide bonds. The summed E-state index contributed by atoms with van der Waals surface area (Å²) in [6, 6.07) is 5.01. The highest BCUT2D eigenvalue weighted by molar-refractivity contribution is 5.43. The molecule has 0 aromatic heterocycles. The van der Waals surface area contributed by atoms with Crippen molar-refractivity contribution >= 4 is 5.69 Å². The molecule has 0 bridgehead atoms. The summed E-state index contributed by atoms with van der Waals surface area (Å²) in [4.78, 5) is 15.2. The smallest absolute Gasteiger partial charge is 0.270 e. The van der Waals surface area contributed by atoms with Crippen LogP contribution in [-0.4, -0.2) is 65.3 Å². The van der Waals surface area contributed by atoms with Gasteiger partial charge in [-0.3, -0.25) is 19.9 Å². The molecule has 7 heteroatoms. The van der Waals surface area contributed by atoms with Crippen LogP contribution in [0.25, 0.3) is 0 Å². The van der Waals surface area contributed by atoms with Crippen LogP contribution < -0.4 is 4.74 Å². The number of ether oxygens (including phenoxy) is 1. The van der Waals surface area contributed by atoms with Gasteiger partial charge in [0, 0.05) is 56.5 Å². The summed E-state index contributed by atoms with van der Waals surface area (Å²) in [5.41, 5.74) is 0.951. The van der Waals surface area contributed by atoms with Crippen LogP contribution in [0.1, 0.15) is 25.8 Å². The first-order valence-corrected chi connectivity index (χ1v) is 8.56. The van der Waals surface area contributed by atoms with E-state index in [1.54, 1.807) is 12.1 Å². The molecule has 1 unspecified atom stereocenters. The van der Waals surface area contributed by atoms with Gasteiger partial charge in [-0.05, 0) is 19.4 Å². The zero-order chi connectivity index (χ0) is 17.5. The fourth-order valence-corrected chi connectivity index (χ4v) is 3.13. The number of piperazine rings is 1. The Labute approximate surface area is 143 Å². The molecule has 1 aliphatic rings. The molecule has 1 saturated heterocycles. The quantitative estimate of drug-likeness (QED) is 0.576. The third-order valence-electron chi connectivity index (χ3n) is 4.55. The second kappa shape index (κ2) is 8.96. The van der Waals surface area contributed by atoms with Crippen LogP contribution in [0.3, 0.4) is 0 Å². The van der Waals surface area contributed by atoms with E-state index < -0.39 is 0 Å². The molecule has 2 rings (SSSR count). The minimum absolute atomic E-state index is 0.0958. The molecule has 134 valence electrons. The van der Waals surface area contributed by atoms with Crippen molar-refractivity contribution in [3.8, 4) is 5.75 Å². The molecule has 1 heterocycles. The van der Waals surface area contributed by atoms with Crippen molar-refractivity contribution in [3.05, 3.63) is 33.9 Å². The van der Waals surface area contributed by atoms with Gasteiger partial charge in [0.05, 0.1) is 18.1 Å². The van der Waals surface area contributed by atoms with Crippen LogP contribution in [0.5, 0.6) is 5.75 Å². The zero-order valence-corrected chi connectivity index (χ0v) is 14.5. The molecule has 7 nitrogen and oxygen atoms in total. The Morgan fingerprint density at radius 3 is 2.54 bits per heavy atom. The lowest BCUT2D eigenvalue weighted by atomic mass is 10.1. The first-order valence-electron chi connectivity index (χ1n) is 8.56. The Balaban J connectivity index is 2.03. The van der Waals surface area contributed by atoms with Gasteiger partial charge in [0.15, 0.2) is 0 Å². The fraction of sp³-hybridized carbons (Fsp3) is 0.647. The van der Waals surface area contributed by atoms with E-state index in [2.05, 4.69) is 16.7 Å². The summed E-state index contributed by atoms with van der Waals surface area (Å²) >= 11 is 0. The van der Waals surface area contributed by atoms with Gasteiger partial charge in [0.2, 0.25) is 0 Å². The maximum atomic E-state index is 11.0. The van der Waals surface area contributed by atoms with E-state index in [0.717, 1.165) is 38.2 Å². The number of rotatable bonds is 8. The third kappa shape index (κ3) is 4.66. The largest absolute Gasteiger partial charge is 0.494 e. The van der Waals surface area contributed by atoms with E-state index >= 15 is 0 Å². The maximum absolute atomic E-state index is 11.0. The molecule has 0 spiro atoms. The minimum Gasteiger partial charge on any atom is -0.494 e. The zero-order valence-electron chi connectivity index (χ0n) is 14.5. The molecule has 1 aromatic carbocycles. The molecule has 0 radical (unpaired) electrons. The molecule has 0 saturated carbocycles. The lowest BCUT2D eigenvalue weighted by Crippen LogP contribution is -2.50. The number of hydrogen-bond acceptors (Lipinski definition) is 6. The lowest BCUT2D eigenvalue weighted by Gasteiger charge is -2.38. The highest BCUT2D eigenvalue weighted by Crippen LogP contribution is 2.26. The van der Waals surface area contributed by atoms with Gasteiger partial charge in [-0.25, -0.2) is 0 Å². The van der Waals surface area contributed by atoms with Gasteiger partial charge in [0.1, 0.15) is 5.75 Å². The number of aliphatic hydroxyl groups excluding tert-OH is 1. The predicted molar refractivity (Wildman–Crippen MR) is 92.3 cm³/mol. The highest BCUT2D eigenvalue weighted by atomic mass is 16.6. The second-order valence-electron chi connectivity index (χ2n) is 6.04. The number of benzene rings is 1. The Morgan fingerprint density at radius 1 is 1.29 bits per heavy atom. The summed E-state index contributed by atoms with van der Waals surface area (Å²) in [5.74, 6) is 0.715. The van der Waals surface area contributed by atoms with Gasteiger partial charge in [-0.2, -0.15) is 0 Å². The van der Waals surface area contributed by atoms with Gasteiger partial charge in [-0.15, -0.1) is 0 Å². The number of aliphatic hydroxyl groups is 1. The van der Waals surface area contributed by atoms with Gasteiger partial charge < -0.3 is 9.84 Å². The topological polar surface area (TPSA) is 79.1 Å². The SMILES string of the molecule is CCOc1ccc([N+](=O)[O-])cc1CN1CCN(C(CC)CO)CC1. The minimum atomic E-state index is -0.371. The highest BCUT2D eigenvalue weighted by Gasteiger charge is 2.23. The molecule has 0 aliphatic carbocycles. The Kier molecular flexibility index (Phi) is 6.96. The summed E-state index contributed by atoms with van der Waals surface area (Å²) in [6.45, 7) is 8.92. The number of non-ortho nitro benzene ring substituents is 1. The Hall–Kier alpha value is -1.70. The van der Waals surface area contributed by atoms with Crippen molar-refractivity contribution in [3.63, 3.8) is 0 Å². The first kappa shape index (κ1) is 18.6. The first-order chi connectivity index (χ1) is 11.6. The van der Waals surface area contributed by atoms with Crippen LogP contribution in [0.15, 0.2) is 18.2 Å². The normalized spacial score (nSPS) is 17.6. The number of nitrogens with zero attached hydrogens (tertiary/aromatic N) is 3. The lowest BCUT2D eigenvalue weighted by molar-refractivity contribution is -0.385. The maximum Gasteiger partial charge on any atom is 0.270 e. The summed E-state index contributed by atoms with van der Waals surface area (Å²) in [5, 5.41) is 20.4. The van der Waals surface area contributed by atoms with Gasteiger partial charge in [0.25, 0.3) is 5.69 Å². The molecule has 1 aliphatic heterocycles. The van der Waals surface area contributed by atoms with Crippen LogP contribution in [0.4, 0.5) is 5.69 Å². The molecule has 1 fully saturated rings. The molecule has 1 aromatic rings. The Morgan fingerprint density at radius 2 is 2.00 bits per heavy atom. The summed E-state index contributed by atoms with van der Waals surface area (Å²) in [6.07, 6.45) is 0.940. The van der Waals surface area contributed by atoms with Crippen molar-refractivity contribution in [1.82, 2.24) is 9.80 Å². The average molecular weight is 337 g/mol. The van der Waals surface area contributed by atoms with E-state index in [4.69, 9.17) is 4.74 Å². The van der Waals surface area contributed by atoms with Crippen molar-refractivity contribution in [2.45, 2.75) is 32.9 Å². The monoisotopic (exact) mass is 337 g/mol. The van der Waals surface area contributed by atoms with Crippen molar-refractivity contribution in [1.29, 1.82) is 0 Å². The number of nitro benzene ring substituents is 1. The fourth-order valence-electron chi connectivity index (χ4n) is 3.13. The van der Waals surface area contributed by atoms with E-state index in [1.165, 1.54) is 6.07 Å². The van der Waals surface area contributed by atoms with E-state index in [-0.39, 0.29) is 23.3 Å². The average Bonchev–Trinajstić information content (AvgIpc) is 2.59. The van der Waals surface area contributed by atoms with Crippen molar-refractivity contribution < 1.29 is 14.8 Å². The van der Waals surface area contributed by atoms with Crippen LogP contribution >= 0.6 is 0 Å². The van der Waals surface area contributed by atoms with E-state index in [1.807, 2.05) is 6.92 Å². The molecule has 24 heavy (non-hydrogen) atoms. The molecular weight excluding hydrogens is 310 g/mol. The molecule has 1 atom stereocenters.